The van der Waals surface area contributed by atoms with Crippen LogP contribution in [0, 0.1) is 0 Å². The lowest BCUT2D eigenvalue weighted by molar-refractivity contribution is -0.115. The summed E-state index contributed by atoms with van der Waals surface area (Å²) in [7, 11) is 0. The Kier molecular flexibility index (Phi) is 8.29. The number of allylic oxidation sites excluding steroid dienone is 6. The van der Waals surface area contributed by atoms with E-state index in [0.717, 1.165) is 26.2 Å². The molecule has 0 saturated carbocycles. The van der Waals surface area contributed by atoms with Crippen molar-refractivity contribution in [2.75, 3.05) is 26.2 Å². The van der Waals surface area contributed by atoms with Crippen molar-refractivity contribution in [3.05, 3.63) is 45.8 Å². The zero-order valence-corrected chi connectivity index (χ0v) is 16.1. The van der Waals surface area contributed by atoms with Gasteiger partial charge in [0.05, 0.1) is 10.1 Å². The third-order valence-corrected chi connectivity index (χ3v) is 4.64. The Hall–Kier alpha value is -1.52. The van der Waals surface area contributed by atoms with E-state index in [1.54, 1.807) is 24.6 Å². The molecular formula is C18H24Cl2N2O2. The first-order valence-electron chi connectivity index (χ1n) is 8.14. The van der Waals surface area contributed by atoms with Crippen molar-refractivity contribution in [3.8, 4) is 0 Å². The molecule has 0 aromatic rings. The number of carbonyl (C=O) groups excluding carboxylic acids is 2. The largest absolute Gasteiger partial charge is 0.378 e. The lowest BCUT2D eigenvalue weighted by Gasteiger charge is -2.18. The summed E-state index contributed by atoms with van der Waals surface area (Å²) in [6.45, 7) is 11.2. The number of nitrogens with zero attached hydrogens (tertiary/aromatic N) is 2. The Morgan fingerprint density at radius 3 is 1.25 bits per heavy atom. The molecule has 4 nitrogen and oxygen atoms in total. The summed E-state index contributed by atoms with van der Waals surface area (Å²) in [5, 5.41) is -0.181. The van der Waals surface area contributed by atoms with Crippen LogP contribution in [0.5, 0.6) is 0 Å². The predicted octanol–water partition coefficient (Wildman–Crippen LogP) is 3.84. The molecule has 0 amide bonds. The monoisotopic (exact) mass is 370 g/mol. The Morgan fingerprint density at radius 2 is 1.00 bits per heavy atom. The summed E-state index contributed by atoms with van der Waals surface area (Å²) >= 11 is 12.3. The SMILES string of the molecule is CCN(C=CC1=C(Cl)C(=O)C(C=CN(CC)CC)=C(Cl)C1=O)CC. The van der Waals surface area contributed by atoms with Gasteiger partial charge >= 0.3 is 0 Å². The molecule has 6 heteroatoms. The normalized spacial score (nSPS) is 16.1. The molecule has 0 heterocycles. The Labute approximate surface area is 154 Å². The third-order valence-electron chi connectivity index (χ3n) is 3.89. The van der Waals surface area contributed by atoms with Crippen molar-refractivity contribution < 1.29 is 9.59 Å². The highest BCUT2D eigenvalue weighted by Crippen LogP contribution is 2.30. The number of ketones is 2. The van der Waals surface area contributed by atoms with Crippen molar-refractivity contribution in [1.82, 2.24) is 9.80 Å². The molecule has 24 heavy (non-hydrogen) atoms. The molecule has 0 atom stereocenters. The number of Topliss-reactive ketones (excluding diaryl/α,β-unsaturated/α-hetero) is 2. The standard InChI is InChI=1S/C18H24Cl2N2O2/c1-5-21(6-2)11-9-13-15(19)18(24)14(16(20)17(13)23)10-12-22(7-3)8-4/h9-12H,5-8H2,1-4H3. The van der Waals surface area contributed by atoms with Gasteiger partial charge in [-0.25, -0.2) is 0 Å². The van der Waals surface area contributed by atoms with Crippen LogP contribution < -0.4 is 0 Å². The maximum absolute atomic E-state index is 12.5. The van der Waals surface area contributed by atoms with Gasteiger partial charge in [-0.15, -0.1) is 0 Å². The van der Waals surface area contributed by atoms with E-state index >= 15 is 0 Å². The molecule has 1 aliphatic carbocycles. The van der Waals surface area contributed by atoms with Crippen LogP contribution in [-0.2, 0) is 9.59 Å². The smallest absolute Gasteiger partial charge is 0.206 e. The molecule has 1 rings (SSSR count). The van der Waals surface area contributed by atoms with Crippen molar-refractivity contribution >= 4 is 34.8 Å². The molecule has 0 N–H and O–H groups in total. The third kappa shape index (κ3) is 4.74. The Balaban J connectivity index is 3.13. The first-order valence-corrected chi connectivity index (χ1v) is 8.90. The average Bonchev–Trinajstić information content (AvgIpc) is 2.59. The van der Waals surface area contributed by atoms with Crippen LogP contribution in [0.1, 0.15) is 27.7 Å². The zero-order valence-electron chi connectivity index (χ0n) is 14.6. The summed E-state index contributed by atoms with van der Waals surface area (Å²) in [4.78, 5) is 28.9. The Morgan fingerprint density at radius 1 is 0.708 bits per heavy atom. The van der Waals surface area contributed by atoms with Gasteiger partial charge in [-0.1, -0.05) is 23.2 Å². The number of carbonyl (C=O) groups is 2. The molecule has 0 saturated heterocycles. The van der Waals surface area contributed by atoms with E-state index < -0.39 is 11.6 Å². The summed E-state index contributed by atoms with van der Waals surface area (Å²) in [5.74, 6) is -0.854. The fourth-order valence-electron chi connectivity index (χ4n) is 2.21. The molecule has 0 unspecified atom stereocenters. The van der Waals surface area contributed by atoms with Gasteiger partial charge < -0.3 is 9.80 Å². The molecule has 0 aliphatic heterocycles. The summed E-state index contributed by atoms with van der Waals surface area (Å²) in [5.41, 5.74) is 0.275. The van der Waals surface area contributed by atoms with Gasteiger partial charge in [-0.05, 0) is 52.2 Å². The lowest BCUT2D eigenvalue weighted by atomic mass is 9.96. The number of rotatable bonds is 8. The lowest BCUT2D eigenvalue weighted by Crippen LogP contribution is -2.21. The minimum Gasteiger partial charge on any atom is -0.378 e. The molecule has 0 aromatic heterocycles. The molecule has 0 aromatic carbocycles. The van der Waals surface area contributed by atoms with E-state index in [4.69, 9.17) is 23.2 Å². The zero-order chi connectivity index (χ0) is 18.3. The topological polar surface area (TPSA) is 40.6 Å². The quantitative estimate of drug-likeness (QED) is 0.608. The second-order valence-electron chi connectivity index (χ2n) is 5.19. The molecule has 1 aliphatic rings. The van der Waals surface area contributed by atoms with Crippen LogP contribution in [0.15, 0.2) is 45.8 Å². The maximum atomic E-state index is 12.5. The van der Waals surface area contributed by atoms with Crippen LogP contribution in [0.4, 0.5) is 0 Å². The van der Waals surface area contributed by atoms with E-state index in [1.807, 2.05) is 37.5 Å². The number of hydrogen-bond acceptors (Lipinski definition) is 4. The van der Waals surface area contributed by atoms with E-state index in [1.165, 1.54) is 0 Å². The summed E-state index contributed by atoms with van der Waals surface area (Å²) in [6.07, 6.45) is 6.62. The highest BCUT2D eigenvalue weighted by molar-refractivity contribution is 6.56. The van der Waals surface area contributed by atoms with Crippen LogP contribution in [-0.4, -0.2) is 47.5 Å². The van der Waals surface area contributed by atoms with E-state index in [9.17, 15) is 9.59 Å². The highest BCUT2D eigenvalue weighted by Gasteiger charge is 2.30. The molecule has 132 valence electrons. The minimum absolute atomic E-state index is 0.0907. The molecule has 0 spiro atoms. The van der Waals surface area contributed by atoms with Gasteiger partial charge in [-0.2, -0.15) is 0 Å². The van der Waals surface area contributed by atoms with E-state index in [2.05, 4.69) is 0 Å². The van der Waals surface area contributed by atoms with E-state index in [0.29, 0.717) is 0 Å². The van der Waals surface area contributed by atoms with Crippen molar-refractivity contribution in [3.63, 3.8) is 0 Å². The fraction of sp³-hybridized carbons (Fsp3) is 0.444. The van der Waals surface area contributed by atoms with Crippen LogP contribution in [0.3, 0.4) is 0 Å². The first-order chi connectivity index (χ1) is 11.4. The van der Waals surface area contributed by atoms with Crippen molar-refractivity contribution in [2.24, 2.45) is 0 Å². The van der Waals surface area contributed by atoms with Crippen molar-refractivity contribution in [2.45, 2.75) is 27.7 Å². The van der Waals surface area contributed by atoms with Gasteiger partial charge in [0.15, 0.2) is 0 Å². The first kappa shape index (κ1) is 20.5. The van der Waals surface area contributed by atoms with Crippen molar-refractivity contribution in [1.29, 1.82) is 0 Å². The predicted molar refractivity (Wildman–Crippen MR) is 99.9 cm³/mol. The summed E-state index contributed by atoms with van der Waals surface area (Å²) < 4.78 is 0. The minimum atomic E-state index is -0.427. The van der Waals surface area contributed by atoms with Gasteiger partial charge in [0, 0.05) is 37.3 Å². The van der Waals surface area contributed by atoms with E-state index in [-0.39, 0.29) is 21.2 Å². The highest BCUT2D eigenvalue weighted by atomic mass is 35.5. The van der Waals surface area contributed by atoms with Crippen LogP contribution in [0.2, 0.25) is 0 Å². The summed E-state index contributed by atoms with van der Waals surface area (Å²) in [6, 6.07) is 0. The second kappa shape index (κ2) is 9.70. The van der Waals surface area contributed by atoms with Crippen LogP contribution in [0.25, 0.3) is 0 Å². The molecular weight excluding hydrogens is 347 g/mol. The maximum Gasteiger partial charge on any atom is 0.206 e. The fourth-order valence-corrected chi connectivity index (χ4v) is 2.71. The average molecular weight is 371 g/mol. The van der Waals surface area contributed by atoms with Crippen LogP contribution >= 0.6 is 23.2 Å². The van der Waals surface area contributed by atoms with Gasteiger partial charge in [0.25, 0.3) is 0 Å². The second-order valence-corrected chi connectivity index (χ2v) is 5.94. The van der Waals surface area contributed by atoms with Gasteiger partial charge in [0.2, 0.25) is 11.6 Å². The van der Waals surface area contributed by atoms with Gasteiger partial charge in [-0.3, -0.25) is 9.59 Å². The van der Waals surface area contributed by atoms with Gasteiger partial charge in [0.1, 0.15) is 0 Å². The number of halogens is 2. The molecule has 0 bridgehead atoms. The Bertz CT molecular complexity index is 557. The molecule has 0 fully saturated rings. The molecule has 0 radical (unpaired) electrons. The number of hydrogen-bond donors (Lipinski definition) is 0.